The molecule has 1 aromatic carbocycles. The number of nitrogens with one attached hydrogen (secondary N) is 1. The fourth-order valence-corrected chi connectivity index (χ4v) is 2.52. The van der Waals surface area contributed by atoms with Gasteiger partial charge in [0, 0.05) is 11.7 Å². The molecule has 1 aromatic rings. The molecule has 2 nitrogen and oxygen atoms in total. The van der Waals surface area contributed by atoms with Crippen molar-refractivity contribution < 1.29 is 0 Å². The summed E-state index contributed by atoms with van der Waals surface area (Å²) in [5, 5.41) is 3.73. The second-order valence-electron chi connectivity index (χ2n) is 5.13. The quantitative estimate of drug-likeness (QED) is 0.858. The number of nitrogens with zero attached hydrogens (tertiary/aromatic N) is 1. The molecule has 0 bridgehead atoms. The molecule has 0 atom stereocenters. The first kappa shape index (κ1) is 12.4. The van der Waals surface area contributed by atoms with Crippen LogP contribution >= 0.6 is 0 Å². The van der Waals surface area contributed by atoms with E-state index >= 15 is 0 Å². The van der Waals surface area contributed by atoms with E-state index in [0.717, 1.165) is 0 Å². The molecule has 1 aliphatic rings. The molecule has 1 fully saturated rings. The number of hydrogen-bond donors (Lipinski definition) is 1. The minimum atomic E-state index is 0.657. The van der Waals surface area contributed by atoms with E-state index in [0.29, 0.717) is 6.04 Å². The van der Waals surface area contributed by atoms with Gasteiger partial charge in [-0.15, -0.1) is 0 Å². The third-order valence-electron chi connectivity index (χ3n) is 3.61. The molecule has 17 heavy (non-hydrogen) atoms. The Balaban J connectivity index is 1.98. The summed E-state index contributed by atoms with van der Waals surface area (Å²) in [6.45, 7) is 4.67. The summed E-state index contributed by atoms with van der Waals surface area (Å²) >= 11 is 0. The van der Waals surface area contributed by atoms with Gasteiger partial charge in [0.1, 0.15) is 0 Å². The third-order valence-corrected chi connectivity index (χ3v) is 3.61. The number of rotatable bonds is 4. The van der Waals surface area contributed by atoms with Crippen LogP contribution in [0.1, 0.15) is 31.7 Å². The highest BCUT2D eigenvalue weighted by Gasteiger charge is 2.16. The molecular formula is C15H24N2. The molecule has 0 radical (unpaired) electrons. The van der Waals surface area contributed by atoms with E-state index in [4.69, 9.17) is 0 Å². The van der Waals surface area contributed by atoms with Crippen molar-refractivity contribution in [3.8, 4) is 0 Å². The summed E-state index contributed by atoms with van der Waals surface area (Å²) in [4.78, 5) is 2.41. The van der Waals surface area contributed by atoms with E-state index in [1.165, 1.54) is 50.0 Å². The number of piperidine rings is 1. The van der Waals surface area contributed by atoms with Crippen LogP contribution in [-0.2, 0) is 6.42 Å². The average molecular weight is 232 g/mol. The summed E-state index contributed by atoms with van der Waals surface area (Å²) in [5.74, 6) is 0. The number of para-hydroxylation sites is 1. The Morgan fingerprint density at radius 2 is 1.94 bits per heavy atom. The van der Waals surface area contributed by atoms with Crippen LogP contribution in [0.15, 0.2) is 24.3 Å². The fraction of sp³-hybridized carbons (Fsp3) is 0.600. The Bertz CT molecular complexity index is 341. The highest BCUT2D eigenvalue weighted by atomic mass is 15.1. The Labute approximate surface area is 105 Å². The van der Waals surface area contributed by atoms with Gasteiger partial charge in [0.15, 0.2) is 0 Å². The minimum absolute atomic E-state index is 0.657. The van der Waals surface area contributed by atoms with Crippen molar-refractivity contribution in [3.05, 3.63) is 29.8 Å². The summed E-state index contributed by atoms with van der Waals surface area (Å²) in [7, 11) is 2.21. The topological polar surface area (TPSA) is 15.3 Å². The van der Waals surface area contributed by atoms with Gasteiger partial charge in [-0.2, -0.15) is 0 Å². The van der Waals surface area contributed by atoms with Gasteiger partial charge in [0.25, 0.3) is 0 Å². The summed E-state index contributed by atoms with van der Waals surface area (Å²) in [6.07, 6.45) is 4.91. The zero-order chi connectivity index (χ0) is 12.1. The third kappa shape index (κ3) is 3.47. The Morgan fingerprint density at radius 3 is 2.65 bits per heavy atom. The number of likely N-dealkylation sites (tertiary alicyclic amines) is 1. The zero-order valence-corrected chi connectivity index (χ0v) is 11.1. The van der Waals surface area contributed by atoms with Crippen molar-refractivity contribution in [2.24, 2.45) is 0 Å². The lowest BCUT2D eigenvalue weighted by Gasteiger charge is -2.30. The molecule has 1 heterocycles. The van der Waals surface area contributed by atoms with Crippen molar-refractivity contribution in [2.45, 2.75) is 38.6 Å². The molecule has 0 amide bonds. The molecule has 94 valence electrons. The SMILES string of the molecule is CCCc1ccccc1NC1CCN(C)CC1. The van der Waals surface area contributed by atoms with Crippen molar-refractivity contribution in [2.75, 3.05) is 25.5 Å². The van der Waals surface area contributed by atoms with Crippen LogP contribution in [0.2, 0.25) is 0 Å². The van der Waals surface area contributed by atoms with Crippen molar-refractivity contribution in [3.63, 3.8) is 0 Å². The normalized spacial score (nSPS) is 18.2. The molecular weight excluding hydrogens is 208 g/mol. The van der Waals surface area contributed by atoms with E-state index in [2.05, 4.69) is 48.5 Å². The summed E-state index contributed by atoms with van der Waals surface area (Å²) in [5.41, 5.74) is 2.82. The predicted molar refractivity (Wildman–Crippen MR) is 74.6 cm³/mol. The van der Waals surface area contributed by atoms with Gasteiger partial charge in [-0.05, 0) is 51.0 Å². The number of benzene rings is 1. The first-order chi connectivity index (χ1) is 8.29. The fourth-order valence-electron chi connectivity index (χ4n) is 2.52. The van der Waals surface area contributed by atoms with E-state index in [1.807, 2.05) is 0 Å². The van der Waals surface area contributed by atoms with Crippen molar-refractivity contribution in [1.82, 2.24) is 4.90 Å². The molecule has 2 rings (SSSR count). The molecule has 0 unspecified atom stereocenters. The molecule has 1 saturated heterocycles. The molecule has 0 saturated carbocycles. The van der Waals surface area contributed by atoms with Crippen molar-refractivity contribution in [1.29, 1.82) is 0 Å². The standard InChI is InChI=1S/C15H24N2/c1-3-6-13-7-4-5-8-15(13)16-14-9-11-17(2)12-10-14/h4-5,7-8,14,16H,3,6,9-12H2,1-2H3. The lowest BCUT2D eigenvalue weighted by atomic mass is 10.0. The van der Waals surface area contributed by atoms with Crippen LogP contribution in [0.3, 0.4) is 0 Å². The highest BCUT2D eigenvalue weighted by molar-refractivity contribution is 5.51. The van der Waals surface area contributed by atoms with E-state index in [9.17, 15) is 0 Å². The van der Waals surface area contributed by atoms with Gasteiger partial charge >= 0.3 is 0 Å². The van der Waals surface area contributed by atoms with Gasteiger partial charge in [0.05, 0.1) is 0 Å². The van der Waals surface area contributed by atoms with Crippen LogP contribution in [0.25, 0.3) is 0 Å². The minimum Gasteiger partial charge on any atom is -0.382 e. The first-order valence-electron chi connectivity index (χ1n) is 6.82. The van der Waals surface area contributed by atoms with E-state index in [1.54, 1.807) is 0 Å². The van der Waals surface area contributed by atoms with Gasteiger partial charge in [-0.3, -0.25) is 0 Å². The highest BCUT2D eigenvalue weighted by Crippen LogP contribution is 2.21. The van der Waals surface area contributed by atoms with Gasteiger partial charge < -0.3 is 10.2 Å². The van der Waals surface area contributed by atoms with Gasteiger partial charge in [0.2, 0.25) is 0 Å². The monoisotopic (exact) mass is 232 g/mol. The predicted octanol–water partition coefficient (Wildman–Crippen LogP) is 3.15. The van der Waals surface area contributed by atoms with Crippen LogP contribution in [0, 0.1) is 0 Å². The molecule has 1 N–H and O–H groups in total. The molecule has 0 aliphatic carbocycles. The second kappa shape index (κ2) is 6.06. The van der Waals surface area contributed by atoms with E-state index < -0.39 is 0 Å². The Morgan fingerprint density at radius 1 is 1.24 bits per heavy atom. The second-order valence-corrected chi connectivity index (χ2v) is 5.13. The summed E-state index contributed by atoms with van der Waals surface area (Å²) in [6, 6.07) is 9.41. The van der Waals surface area contributed by atoms with Crippen LogP contribution in [0.4, 0.5) is 5.69 Å². The zero-order valence-electron chi connectivity index (χ0n) is 11.1. The largest absolute Gasteiger partial charge is 0.382 e. The maximum Gasteiger partial charge on any atom is 0.0374 e. The number of hydrogen-bond acceptors (Lipinski definition) is 2. The summed E-state index contributed by atoms with van der Waals surface area (Å²) < 4.78 is 0. The average Bonchev–Trinajstić information content (AvgIpc) is 2.35. The van der Waals surface area contributed by atoms with Gasteiger partial charge in [-0.25, -0.2) is 0 Å². The van der Waals surface area contributed by atoms with Crippen LogP contribution in [0.5, 0.6) is 0 Å². The molecule has 0 aromatic heterocycles. The van der Waals surface area contributed by atoms with Crippen molar-refractivity contribution >= 4 is 5.69 Å². The van der Waals surface area contributed by atoms with Crippen LogP contribution < -0.4 is 5.32 Å². The number of aryl methyl sites for hydroxylation is 1. The maximum atomic E-state index is 3.73. The Kier molecular flexibility index (Phi) is 4.43. The molecule has 2 heteroatoms. The molecule has 1 aliphatic heterocycles. The Hall–Kier alpha value is -1.02. The lowest BCUT2D eigenvalue weighted by molar-refractivity contribution is 0.264. The van der Waals surface area contributed by atoms with Crippen LogP contribution in [-0.4, -0.2) is 31.1 Å². The maximum absolute atomic E-state index is 3.73. The molecule has 0 spiro atoms. The number of anilines is 1. The smallest absolute Gasteiger partial charge is 0.0374 e. The van der Waals surface area contributed by atoms with Gasteiger partial charge in [-0.1, -0.05) is 31.5 Å². The first-order valence-corrected chi connectivity index (χ1v) is 6.82. The van der Waals surface area contributed by atoms with E-state index in [-0.39, 0.29) is 0 Å². The lowest BCUT2D eigenvalue weighted by Crippen LogP contribution is -2.36.